The molecule has 1 fully saturated rings. The van der Waals surface area contributed by atoms with Crippen LogP contribution in [0, 0.1) is 0 Å². The minimum absolute atomic E-state index is 0.151. The summed E-state index contributed by atoms with van der Waals surface area (Å²) >= 11 is 0. The van der Waals surface area contributed by atoms with Crippen molar-refractivity contribution in [3.8, 4) is 5.88 Å². The molecule has 0 saturated carbocycles. The van der Waals surface area contributed by atoms with Gasteiger partial charge in [0.2, 0.25) is 0 Å². The second-order valence-electron chi connectivity index (χ2n) is 7.69. The molecule has 23 heavy (non-hydrogen) atoms. The molecular weight excluding hydrogens is 310 g/mol. The van der Waals surface area contributed by atoms with E-state index in [0.717, 1.165) is 26.1 Å². The van der Waals surface area contributed by atoms with Gasteiger partial charge in [-0.05, 0) is 18.1 Å². The van der Waals surface area contributed by atoms with E-state index in [-0.39, 0.29) is 11.1 Å². The first-order valence-electron chi connectivity index (χ1n) is 8.40. The van der Waals surface area contributed by atoms with Crippen molar-refractivity contribution in [2.24, 2.45) is 0 Å². The lowest BCUT2D eigenvalue weighted by Crippen LogP contribution is -2.41. The van der Waals surface area contributed by atoms with Crippen LogP contribution in [0.25, 0.3) is 0 Å². The van der Waals surface area contributed by atoms with Gasteiger partial charge in [0.15, 0.2) is 8.32 Å². The van der Waals surface area contributed by atoms with Crippen LogP contribution in [-0.2, 0) is 15.7 Å². The van der Waals surface area contributed by atoms with Gasteiger partial charge in [-0.3, -0.25) is 4.68 Å². The van der Waals surface area contributed by atoms with Crippen LogP contribution in [0.3, 0.4) is 0 Å². The van der Waals surface area contributed by atoms with E-state index in [1.165, 1.54) is 0 Å². The van der Waals surface area contributed by atoms with Crippen LogP contribution >= 0.6 is 0 Å². The maximum Gasteiger partial charge on any atom is 0.256 e. The molecule has 132 valence electrons. The highest BCUT2D eigenvalue weighted by atomic mass is 28.4. The summed E-state index contributed by atoms with van der Waals surface area (Å²) in [5.41, 5.74) is 6.60. The number of ether oxygens (including phenoxy) is 2. The van der Waals surface area contributed by atoms with E-state index in [0.29, 0.717) is 24.7 Å². The zero-order valence-corrected chi connectivity index (χ0v) is 16.1. The third kappa shape index (κ3) is 4.96. The lowest BCUT2D eigenvalue weighted by atomic mass is 10.2. The van der Waals surface area contributed by atoms with Crippen molar-refractivity contribution in [1.29, 1.82) is 0 Å². The van der Waals surface area contributed by atoms with E-state index in [1.807, 2.05) is 10.9 Å². The SMILES string of the molecule is CC(C)(C)[Si](C)(C)OCCn1cc(N)c(OC2CCOCC2)n1. The molecule has 1 aromatic heterocycles. The Labute approximate surface area is 140 Å². The standard InChI is InChI=1S/C16H31N3O3Si/c1-16(2,3)23(4,5)21-11-8-19-12-14(17)15(18-19)22-13-6-9-20-10-7-13/h12-13H,6-11,17H2,1-5H3. The third-order valence-electron chi connectivity index (χ3n) is 4.79. The zero-order chi connectivity index (χ0) is 17.1. The predicted molar refractivity (Wildman–Crippen MR) is 94.3 cm³/mol. The molecule has 0 radical (unpaired) electrons. The molecule has 1 aliphatic heterocycles. The fourth-order valence-corrected chi connectivity index (χ4v) is 3.22. The van der Waals surface area contributed by atoms with E-state index in [1.54, 1.807) is 0 Å². The van der Waals surface area contributed by atoms with E-state index in [9.17, 15) is 0 Å². The molecule has 2 heterocycles. The van der Waals surface area contributed by atoms with Crippen molar-refractivity contribution in [2.45, 2.75) is 64.4 Å². The molecule has 1 aromatic rings. The number of aromatic nitrogens is 2. The summed E-state index contributed by atoms with van der Waals surface area (Å²) in [6, 6.07) is 0. The Hall–Kier alpha value is -1.05. The van der Waals surface area contributed by atoms with Crippen LogP contribution in [0.4, 0.5) is 5.69 Å². The minimum atomic E-state index is -1.72. The molecular formula is C16H31N3O3Si. The fraction of sp³-hybridized carbons (Fsp3) is 0.812. The molecule has 0 unspecified atom stereocenters. The number of anilines is 1. The molecule has 2 N–H and O–H groups in total. The smallest absolute Gasteiger partial charge is 0.256 e. The highest BCUT2D eigenvalue weighted by Gasteiger charge is 2.36. The first-order chi connectivity index (χ1) is 10.7. The van der Waals surface area contributed by atoms with E-state index < -0.39 is 8.32 Å². The molecule has 0 atom stereocenters. The predicted octanol–water partition coefficient (Wildman–Crippen LogP) is 3.04. The minimum Gasteiger partial charge on any atom is -0.472 e. The van der Waals surface area contributed by atoms with Gasteiger partial charge < -0.3 is 19.6 Å². The van der Waals surface area contributed by atoms with Gasteiger partial charge in [-0.2, -0.15) is 0 Å². The number of hydrogen-bond donors (Lipinski definition) is 1. The number of nitrogens with zero attached hydrogens (tertiary/aromatic N) is 2. The molecule has 1 saturated heterocycles. The Morgan fingerprint density at radius 3 is 2.61 bits per heavy atom. The van der Waals surface area contributed by atoms with E-state index in [4.69, 9.17) is 19.6 Å². The van der Waals surface area contributed by atoms with Gasteiger partial charge in [-0.1, -0.05) is 20.8 Å². The first kappa shape index (κ1) is 18.3. The lowest BCUT2D eigenvalue weighted by molar-refractivity contribution is 0.0237. The van der Waals surface area contributed by atoms with Gasteiger partial charge in [-0.25, -0.2) is 0 Å². The van der Waals surface area contributed by atoms with E-state index >= 15 is 0 Å². The summed E-state index contributed by atoms with van der Waals surface area (Å²) in [4.78, 5) is 0. The monoisotopic (exact) mass is 341 g/mol. The average molecular weight is 342 g/mol. The number of nitrogens with two attached hydrogens (primary N) is 1. The van der Waals surface area contributed by atoms with Crippen LogP contribution in [0.1, 0.15) is 33.6 Å². The average Bonchev–Trinajstić information content (AvgIpc) is 2.79. The van der Waals surface area contributed by atoms with Crippen LogP contribution in [-0.4, -0.2) is 44.0 Å². The normalized spacial score (nSPS) is 17.4. The molecule has 0 aromatic carbocycles. The Morgan fingerprint density at radius 2 is 2.00 bits per heavy atom. The third-order valence-corrected chi connectivity index (χ3v) is 9.33. The highest BCUT2D eigenvalue weighted by Crippen LogP contribution is 2.36. The molecule has 6 nitrogen and oxygen atoms in total. The maximum absolute atomic E-state index is 6.18. The van der Waals surface area contributed by atoms with Crippen molar-refractivity contribution in [3.05, 3.63) is 6.20 Å². The van der Waals surface area contributed by atoms with Crippen molar-refractivity contribution < 1.29 is 13.9 Å². The van der Waals surface area contributed by atoms with Gasteiger partial charge in [0.05, 0.1) is 32.6 Å². The van der Waals surface area contributed by atoms with Gasteiger partial charge in [-0.15, -0.1) is 5.10 Å². The number of nitrogen functional groups attached to an aromatic ring is 1. The van der Waals surface area contributed by atoms with Crippen LogP contribution in [0.2, 0.25) is 18.1 Å². The van der Waals surface area contributed by atoms with Crippen LogP contribution in [0.5, 0.6) is 5.88 Å². The summed E-state index contributed by atoms with van der Waals surface area (Å²) in [6.45, 7) is 14.1. The topological polar surface area (TPSA) is 71.5 Å². The zero-order valence-electron chi connectivity index (χ0n) is 15.1. The van der Waals surface area contributed by atoms with Crippen LogP contribution in [0.15, 0.2) is 6.20 Å². The Kier molecular flexibility index (Phi) is 5.75. The first-order valence-corrected chi connectivity index (χ1v) is 11.3. The second-order valence-corrected chi connectivity index (χ2v) is 12.5. The number of rotatable bonds is 6. The lowest BCUT2D eigenvalue weighted by Gasteiger charge is -2.36. The summed E-state index contributed by atoms with van der Waals surface area (Å²) in [7, 11) is -1.72. The molecule has 0 spiro atoms. The van der Waals surface area contributed by atoms with Crippen molar-refractivity contribution in [1.82, 2.24) is 9.78 Å². The molecule has 2 rings (SSSR count). The van der Waals surface area contributed by atoms with Crippen LogP contribution < -0.4 is 10.5 Å². The molecule has 0 bridgehead atoms. The Balaban J connectivity index is 1.86. The molecule has 0 amide bonds. The van der Waals surface area contributed by atoms with Crippen molar-refractivity contribution >= 4 is 14.0 Å². The van der Waals surface area contributed by atoms with Gasteiger partial charge in [0.25, 0.3) is 5.88 Å². The molecule has 1 aliphatic rings. The quantitative estimate of drug-likeness (QED) is 0.805. The fourth-order valence-electron chi connectivity index (χ4n) is 2.19. The molecule has 7 heteroatoms. The maximum atomic E-state index is 6.18. The Bertz CT molecular complexity index is 505. The van der Waals surface area contributed by atoms with Gasteiger partial charge in [0.1, 0.15) is 11.8 Å². The number of hydrogen-bond acceptors (Lipinski definition) is 5. The van der Waals surface area contributed by atoms with E-state index in [2.05, 4.69) is 39.0 Å². The van der Waals surface area contributed by atoms with Crippen molar-refractivity contribution in [3.63, 3.8) is 0 Å². The van der Waals surface area contributed by atoms with Gasteiger partial charge in [0, 0.05) is 12.8 Å². The summed E-state index contributed by atoms with van der Waals surface area (Å²) in [5.74, 6) is 0.532. The van der Waals surface area contributed by atoms with Crippen molar-refractivity contribution in [2.75, 3.05) is 25.6 Å². The molecule has 0 aliphatic carbocycles. The Morgan fingerprint density at radius 1 is 1.35 bits per heavy atom. The largest absolute Gasteiger partial charge is 0.472 e. The summed E-state index contributed by atoms with van der Waals surface area (Å²) in [6.07, 6.45) is 3.75. The summed E-state index contributed by atoms with van der Waals surface area (Å²) < 4.78 is 19.2. The summed E-state index contributed by atoms with van der Waals surface area (Å²) in [5, 5.41) is 4.67. The highest BCUT2D eigenvalue weighted by molar-refractivity contribution is 6.74. The van der Waals surface area contributed by atoms with Gasteiger partial charge >= 0.3 is 0 Å². The second kappa shape index (κ2) is 7.23.